The molecule has 0 bridgehead atoms. The molecule has 0 N–H and O–H groups in total. The van der Waals surface area contributed by atoms with Crippen LogP contribution in [0.1, 0.15) is 52.7 Å². The Balaban J connectivity index is 0.942. The largest absolute Gasteiger partial charge is 0.310 e. The van der Waals surface area contributed by atoms with Gasteiger partial charge in [0.15, 0.2) is 0 Å². The smallest absolute Gasteiger partial charge is 0.0476 e. The van der Waals surface area contributed by atoms with Crippen LogP contribution < -0.4 is 9.80 Å². The lowest BCUT2D eigenvalue weighted by atomic mass is 9.87. The van der Waals surface area contributed by atoms with Gasteiger partial charge in [-0.2, -0.15) is 0 Å². The molecule has 2 aromatic heterocycles. The molecule has 0 atom stereocenters. The Bertz CT molecular complexity index is 3590. The lowest BCUT2D eigenvalue weighted by Gasteiger charge is -2.27. The molecule has 0 aliphatic carbocycles. The second-order valence-electron chi connectivity index (χ2n) is 19.9. The van der Waals surface area contributed by atoms with Gasteiger partial charge in [-0.3, -0.25) is 0 Å². The Morgan fingerprint density at radius 1 is 0.273 bits per heavy atom. The summed E-state index contributed by atoms with van der Waals surface area (Å²) >= 11 is 3.78. The Hall–Kier alpha value is -6.98. The zero-order valence-electron chi connectivity index (χ0n) is 38.2. The van der Waals surface area contributed by atoms with Crippen LogP contribution in [0.15, 0.2) is 194 Å². The number of fused-ring (bicyclic) bond motifs is 9. The van der Waals surface area contributed by atoms with Crippen molar-refractivity contribution in [1.82, 2.24) is 0 Å². The van der Waals surface area contributed by atoms with Crippen molar-refractivity contribution in [3.8, 4) is 0 Å². The van der Waals surface area contributed by atoms with Crippen molar-refractivity contribution in [3.63, 3.8) is 0 Å². The third-order valence-corrected chi connectivity index (χ3v) is 15.7. The third-order valence-electron chi connectivity index (χ3n) is 13.5. The number of anilines is 6. The Kier molecular flexibility index (Phi) is 9.40. The lowest BCUT2D eigenvalue weighted by molar-refractivity contribution is 0.590. The average molecular weight is 887 g/mol. The molecule has 12 rings (SSSR count). The highest BCUT2D eigenvalue weighted by atomic mass is 32.1. The van der Waals surface area contributed by atoms with E-state index in [1.165, 1.54) is 83.8 Å². The Morgan fingerprint density at radius 3 is 1.02 bits per heavy atom. The van der Waals surface area contributed by atoms with Crippen LogP contribution in [0.3, 0.4) is 0 Å². The maximum atomic E-state index is 2.43. The highest BCUT2D eigenvalue weighted by Gasteiger charge is 2.21. The highest BCUT2D eigenvalue weighted by molar-refractivity contribution is 7.26. The molecule has 66 heavy (non-hydrogen) atoms. The molecule has 0 saturated heterocycles. The van der Waals surface area contributed by atoms with Gasteiger partial charge in [0.2, 0.25) is 0 Å². The van der Waals surface area contributed by atoms with Crippen LogP contribution in [0, 0.1) is 0 Å². The number of nitrogens with zero attached hydrogens (tertiary/aromatic N) is 2. The normalized spacial score (nSPS) is 12.4. The summed E-state index contributed by atoms with van der Waals surface area (Å²) in [4.78, 5) is 4.82. The average Bonchev–Trinajstić information content (AvgIpc) is 3.86. The zero-order valence-corrected chi connectivity index (χ0v) is 39.8. The van der Waals surface area contributed by atoms with E-state index in [1.807, 2.05) is 22.7 Å². The van der Waals surface area contributed by atoms with Crippen molar-refractivity contribution in [2.24, 2.45) is 0 Å². The molecule has 320 valence electrons. The van der Waals surface area contributed by atoms with E-state index in [-0.39, 0.29) is 10.8 Å². The van der Waals surface area contributed by atoms with Gasteiger partial charge in [-0.05, 0) is 151 Å². The molecule has 12 aromatic rings. The van der Waals surface area contributed by atoms with E-state index >= 15 is 0 Å². The van der Waals surface area contributed by atoms with Crippen LogP contribution in [-0.2, 0) is 10.8 Å². The number of thiophene rings is 2. The predicted octanol–water partition coefficient (Wildman–Crippen LogP) is 19.4. The summed E-state index contributed by atoms with van der Waals surface area (Å²) in [5, 5.41) is 12.7. The van der Waals surface area contributed by atoms with Crippen LogP contribution in [0.5, 0.6) is 0 Å². The molecule has 0 fully saturated rings. The maximum absolute atomic E-state index is 2.43. The number of hydrogen-bond acceptors (Lipinski definition) is 4. The number of hydrogen-bond donors (Lipinski definition) is 0. The van der Waals surface area contributed by atoms with E-state index in [9.17, 15) is 0 Å². The van der Waals surface area contributed by atoms with Crippen LogP contribution in [0.25, 0.3) is 72.7 Å². The topological polar surface area (TPSA) is 6.48 Å². The lowest BCUT2D eigenvalue weighted by Crippen LogP contribution is -2.13. The molecule has 2 nitrogen and oxygen atoms in total. The van der Waals surface area contributed by atoms with Crippen molar-refractivity contribution in [3.05, 3.63) is 205 Å². The van der Waals surface area contributed by atoms with Crippen LogP contribution in [0.2, 0.25) is 0 Å². The van der Waals surface area contributed by atoms with Gasteiger partial charge in [0.05, 0.1) is 0 Å². The molecule has 0 amide bonds. The summed E-state index contributed by atoms with van der Waals surface area (Å²) in [6.45, 7) is 13.7. The van der Waals surface area contributed by atoms with E-state index in [1.54, 1.807) is 0 Å². The molecule has 0 unspecified atom stereocenters. The maximum Gasteiger partial charge on any atom is 0.0476 e. The van der Waals surface area contributed by atoms with Crippen molar-refractivity contribution in [2.75, 3.05) is 9.80 Å². The second kappa shape index (κ2) is 15.3. The fraction of sp³-hybridized carbons (Fsp3) is 0.129. The first-order valence-corrected chi connectivity index (χ1v) is 24.6. The van der Waals surface area contributed by atoms with Crippen LogP contribution in [0.4, 0.5) is 34.1 Å². The summed E-state index contributed by atoms with van der Waals surface area (Å²) in [7, 11) is 0. The molecular formula is C62H50N2S2. The monoisotopic (exact) mass is 886 g/mol. The van der Waals surface area contributed by atoms with Gasteiger partial charge in [0.1, 0.15) is 0 Å². The van der Waals surface area contributed by atoms with E-state index in [0.717, 1.165) is 34.1 Å². The van der Waals surface area contributed by atoms with Crippen LogP contribution >= 0.6 is 22.7 Å². The fourth-order valence-electron chi connectivity index (χ4n) is 9.80. The highest BCUT2D eigenvalue weighted by Crippen LogP contribution is 2.46. The predicted molar refractivity (Wildman–Crippen MR) is 292 cm³/mol. The summed E-state index contributed by atoms with van der Waals surface area (Å²) < 4.78 is 5.21. The van der Waals surface area contributed by atoms with Gasteiger partial charge in [0, 0.05) is 74.5 Å². The van der Waals surface area contributed by atoms with E-state index in [4.69, 9.17) is 0 Å². The van der Waals surface area contributed by atoms with Crippen molar-refractivity contribution in [1.29, 1.82) is 0 Å². The van der Waals surface area contributed by atoms with E-state index in [2.05, 4.69) is 245 Å². The summed E-state index contributed by atoms with van der Waals surface area (Å²) in [6.07, 6.45) is 0. The van der Waals surface area contributed by atoms with Crippen molar-refractivity contribution >= 4 is 129 Å². The second-order valence-corrected chi connectivity index (χ2v) is 22.1. The van der Waals surface area contributed by atoms with Gasteiger partial charge >= 0.3 is 0 Å². The van der Waals surface area contributed by atoms with E-state index in [0.29, 0.717) is 0 Å². The van der Waals surface area contributed by atoms with Gasteiger partial charge in [-0.25, -0.2) is 0 Å². The first-order chi connectivity index (χ1) is 31.9. The molecule has 10 aromatic carbocycles. The summed E-state index contributed by atoms with van der Waals surface area (Å²) in [5.41, 5.74) is 9.75. The standard InChI is InChI=1S/C62H50N2S2/c1-61(2,3)45-17-23-47(24-18-45)63(49-21-15-39-11-7-9-13-41(39)31-49)51-27-29-53-55-33-43-34-56-54-30-28-52(38-60(54)66-58(56)36-44(43)35-57(55)65-59(53)37-51)64(48-25-19-46(20-26-48)62(4,5)6)50-22-16-40-12-8-10-14-42(40)32-50/h7-38H,1-6H3. The summed E-state index contributed by atoms with van der Waals surface area (Å²) in [6, 6.07) is 72.9. The molecular weight excluding hydrogens is 837 g/mol. The minimum absolute atomic E-state index is 0.0815. The molecule has 0 aliphatic heterocycles. The van der Waals surface area contributed by atoms with Gasteiger partial charge in [0.25, 0.3) is 0 Å². The van der Waals surface area contributed by atoms with Crippen LogP contribution in [-0.4, -0.2) is 0 Å². The third kappa shape index (κ3) is 7.08. The van der Waals surface area contributed by atoms with E-state index < -0.39 is 0 Å². The molecule has 4 heteroatoms. The zero-order chi connectivity index (χ0) is 44.9. The summed E-state index contributed by atoms with van der Waals surface area (Å²) in [5.74, 6) is 0. The first kappa shape index (κ1) is 40.5. The fourth-order valence-corrected chi connectivity index (χ4v) is 12.1. The molecule has 2 heterocycles. The molecule has 0 saturated carbocycles. The van der Waals surface area contributed by atoms with Gasteiger partial charge < -0.3 is 9.80 Å². The number of rotatable bonds is 6. The minimum atomic E-state index is 0.0815. The molecule has 0 aliphatic rings. The van der Waals surface area contributed by atoms with Crippen molar-refractivity contribution < 1.29 is 0 Å². The van der Waals surface area contributed by atoms with Crippen molar-refractivity contribution in [2.45, 2.75) is 52.4 Å². The first-order valence-electron chi connectivity index (χ1n) is 23.0. The van der Waals surface area contributed by atoms with Gasteiger partial charge in [-0.1, -0.05) is 139 Å². The van der Waals surface area contributed by atoms with Gasteiger partial charge in [-0.15, -0.1) is 22.7 Å². The molecule has 0 spiro atoms. The minimum Gasteiger partial charge on any atom is -0.310 e. The Labute approximate surface area is 394 Å². The Morgan fingerprint density at radius 2 is 0.606 bits per heavy atom. The SMILES string of the molecule is CC(C)(C)c1ccc(N(c2ccc3ccccc3c2)c2ccc3c(c2)sc2cc4cc5sc6cc(N(c7ccc(C(C)(C)C)cc7)c7ccc8ccccc8c7)ccc6c5cc4cc23)cc1. The number of benzene rings is 10. The quantitative estimate of drug-likeness (QED) is 0.164. The molecule has 0 radical (unpaired) electrons.